The summed E-state index contributed by atoms with van der Waals surface area (Å²) in [5, 5.41) is 54.0. The maximum atomic E-state index is 12.4. The van der Waals surface area contributed by atoms with Crippen LogP contribution in [-0.2, 0) is 4.79 Å². The van der Waals surface area contributed by atoms with Crippen LogP contribution >= 0.6 is 0 Å². The summed E-state index contributed by atoms with van der Waals surface area (Å²) in [6.07, 6.45) is -1.18. The van der Waals surface area contributed by atoms with Gasteiger partial charge in [0.2, 0.25) is 0 Å². The van der Waals surface area contributed by atoms with Crippen LogP contribution in [0.1, 0.15) is 61.6 Å². The van der Waals surface area contributed by atoms with Crippen LogP contribution in [0.3, 0.4) is 0 Å². The van der Waals surface area contributed by atoms with Crippen molar-refractivity contribution in [2.75, 3.05) is 6.54 Å². The Hall–Kier alpha value is -3.96. The third kappa shape index (κ3) is 5.42. The largest absolute Gasteiger partial charge is 0.508 e. The number of carboxylic acids is 1. The number of amides is 1. The number of aromatic hydroxyl groups is 2. The van der Waals surface area contributed by atoms with Gasteiger partial charge in [-0.1, -0.05) is 20.8 Å². The molecular weight excluding hydrogens is 454 g/mol. The third-order valence-electron chi connectivity index (χ3n) is 5.44. The van der Waals surface area contributed by atoms with Gasteiger partial charge in [0.25, 0.3) is 5.91 Å². The van der Waals surface area contributed by atoms with Crippen LogP contribution in [0.25, 0.3) is 17.1 Å². The number of benzene rings is 2. The Morgan fingerprint density at radius 3 is 2.26 bits per heavy atom. The fraction of sp³-hybridized carbons (Fsp3) is 0.333. The van der Waals surface area contributed by atoms with E-state index in [4.69, 9.17) is 5.11 Å². The summed E-state index contributed by atoms with van der Waals surface area (Å²) in [6, 6.07) is 7.99. The molecule has 11 heteroatoms. The SMILES string of the molecule is CCNC(O)c1nnc(-c2cc(C(C)C)c(O)cc2O)n1-c1ccc(C(=O)N[C@@H](C)C(=O)O)cc1. The van der Waals surface area contributed by atoms with Crippen LogP contribution in [0.4, 0.5) is 0 Å². The molecule has 0 fully saturated rings. The van der Waals surface area contributed by atoms with E-state index >= 15 is 0 Å². The summed E-state index contributed by atoms with van der Waals surface area (Å²) in [7, 11) is 0. The van der Waals surface area contributed by atoms with Crippen molar-refractivity contribution in [3.63, 3.8) is 0 Å². The lowest BCUT2D eigenvalue weighted by atomic mass is 9.98. The summed E-state index contributed by atoms with van der Waals surface area (Å²) in [6.45, 7) is 7.43. The highest BCUT2D eigenvalue weighted by Crippen LogP contribution is 2.38. The van der Waals surface area contributed by atoms with Crippen molar-refractivity contribution >= 4 is 11.9 Å². The van der Waals surface area contributed by atoms with Crippen LogP contribution in [-0.4, -0.2) is 59.7 Å². The van der Waals surface area contributed by atoms with Crippen molar-refractivity contribution in [1.82, 2.24) is 25.4 Å². The van der Waals surface area contributed by atoms with Crippen LogP contribution in [0.15, 0.2) is 36.4 Å². The van der Waals surface area contributed by atoms with Crippen molar-refractivity contribution < 1.29 is 30.0 Å². The lowest BCUT2D eigenvalue weighted by Crippen LogP contribution is -2.38. The predicted molar refractivity (Wildman–Crippen MR) is 127 cm³/mol. The number of hydrogen-bond donors (Lipinski definition) is 6. The summed E-state index contributed by atoms with van der Waals surface area (Å²) in [4.78, 5) is 23.4. The Morgan fingerprint density at radius 2 is 1.69 bits per heavy atom. The highest BCUT2D eigenvalue weighted by molar-refractivity contribution is 5.96. The lowest BCUT2D eigenvalue weighted by molar-refractivity contribution is -0.138. The van der Waals surface area contributed by atoms with Gasteiger partial charge in [0.05, 0.1) is 5.56 Å². The van der Waals surface area contributed by atoms with Crippen LogP contribution in [0, 0.1) is 0 Å². The predicted octanol–water partition coefficient (Wildman–Crippen LogP) is 2.27. The van der Waals surface area contributed by atoms with E-state index in [-0.39, 0.29) is 34.6 Å². The van der Waals surface area contributed by atoms with E-state index in [1.54, 1.807) is 18.2 Å². The molecule has 1 heterocycles. The molecule has 11 nitrogen and oxygen atoms in total. The van der Waals surface area contributed by atoms with E-state index in [1.807, 2.05) is 20.8 Å². The molecule has 0 bridgehead atoms. The minimum absolute atomic E-state index is 0.0384. The zero-order valence-electron chi connectivity index (χ0n) is 19.9. The number of aliphatic hydroxyl groups is 1. The lowest BCUT2D eigenvalue weighted by Gasteiger charge is -2.17. The molecule has 0 saturated carbocycles. The van der Waals surface area contributed by atoms with Gasteiger partial charge < -0.3 is 25.7 Å². The Balaban J connectivity index is 2.11. The zero-order valence-corrected chi connectivity index (χ0v) is 19.9. The van der Waals surface area contributed by atoms with Crippen molar-refractivity contribution in [3.05, 3.63) is 53.3 Å². The number of aliphatic carboxylic acids is 1. The molecule has 3 rings (SSSR count). The van der Waals surface area contributed by atoms with Gasteiger partial charge in [-0.15, -0.1) is 10.2 Å². The van der Waals surface area contributed by atoms with E-state index in [0.29, 0.717) is 23.4 Å². The topological polar surface area (TPSA) is 170 Å². The van der Waals surface area contributed by atoms with Crippen molar-refractivity contribution in [2.24, 2.45) is 0 Å². The van der Waals surface area contributed by atoms with Crippen molar-refractivity contribution in [1.29, 1.82) is 0 Å². The van der Waals surface area contributed by atoms with Gasteiger partial charge in [-0.05, 0) is 55.3 Å². The molecule has 2 aromatic carbocycles. The van der Waals surface area contributed by atoms with E-state index in [1.165, 1.54) is 29.7 Å². The summed E-state index contributed by atoms with van der Waals surface area (Å²) < 4.78 is 1.53. The molecule has 1 unspecified atom stereocenters. The number of nitrogens with zero attached hydrogens (tertiary/aromatic N) is 3. The smallest absolute Gasteiger partial charge is 0.325 e. The first-order valence-corrected chi connectivity index (χ1v) is 11.1. The van der Waals surface area contributed by atoms with Crippen LogP contribution in [0.5, 0.6) is 11.5 Å². The van der Waals surface area contributed by atoms with E-state index < -0.39 is 24.1 Å². The van der Waals surface area contributed by atoms with Gasteiger partial charge in [0.1, 0.15) is 17.5 Å². The molecule has 0 aliphatic carbocycles. The summed E-state index contributed by atoms with van der Waals surface area (Å²) >= 11 is 0. The molecule has 186 valence electrons. The molecule has 6 N–H and O–H groups in total. The molecular formula is C24H29N5O6. The monoisotopic (exact) mass is 483 g/mol. The number of nitrogens with one attached hydrogen (secondary N) is 2. The van der Waals surface area contributed by atoms with E-state index in [2.05, 4.69) is 20.8 Å². The van der Waals surface area contributed by atoms with Gasteiger partial charge in [-0.25, -0.2) is 0 Å². The average Bonchev–Trinajstić information content (AvgIpc) is 3.24. The second kappa shape index (κ2) is 10.5. The first-order chi connectivity index (χ1) is 16.5. The molecule has 35 heavy (non-hydrogen) atoms. The van der Waals surface area contributed by atoms with Crippen LogP contribution < -0.4 is 10.6 Å². The van der Waals surface area contributed by atoms with Crippen molar-refractivity contribution in [2.45, 2.75) is 45.9 Å². The highest BCUT2D eigenvalue weighted by atomic mass is 16.4. The number of rotatable bonds is 9. The second-order valence-electron chi connectivity index (χ2n) is 8.34. The third-order valence-corrected chi connectivity index (χ3v) is 5.44. The second-order valence-corrected chi connectivity index (χ2v) is 8.34. The van der Waals surface area contributed by atoms with Gasteiger partial charge in [-0.2, -0.15) is 0 Å². The minimum atomic E-state index is -1.18. The molecule has 0 spiro atoms. The maximum Gasteiger partial charge on any atom is 0.325 e. The number of phenols is 2. The molecule has 0 saturated heterocycles. The van der Waals surface area contributed by atoms with Gasteiger partial charge >= 0.3 is 5.97 Å². The number of aromatic nitrogens is 3. The maximum absolute atomic E-state index is 12.4. The van der Waals surface area contributed by atoms with Crippen LogP contribution in [0.2, 0.25) is 0 Å². The molecule has 0 radical (unpaired) electrons. The molecule has 3 aromatic rings. The van der Waals surface area contributed by atoms with Crippen molar-refractivity contribution in [3.8, 4) is 28.6 Å². The molecule has 0 aliphatic heterocycles. The number of carbonyl (C=O) groups is 2. The van der Waals surface area contributed by atoms with Gasteiger partial charge in [0.15, 0.2) is 17.9 Å². The number of carboxylic acid groups (broad SMARTS) is 1. The summed E-state index contributed by atoms with van der Waals surface area (Å²) in [5.41, 5.74) is 1.62. The standard InChI is InChI=1S/C24H29N5O6/c1-5-25-23(33)21-28-27-20(17-10-16(12(2)3)18(30)11-19(17)31)29(21)15-8-6-14(7-9-15)22(32)26-13(4)24(34)35/h6-13,23,25,30-31,33H,5H2,1-4H3,(H,26,32)(H,34,35)/t13-,23?/m0/s1. The normalized spacial score (nSPS) is 13.0. The highest BCUT2D eigenvalue weighted by Gasteiger charge is 2.24. The molecule has 1 aromatic heterocycles. The zero-order chi connectivity index (χ0) is 25.9. The summed E-state index contributed by atoms with van der Waals surface area (Å²) in [5.74, 6) is -1.65. The fourth-order valence-electron chi connectivity index (χ4n) is 3.53. The molecule has 0 aliphatic rings. The number of phenolic OH excluding ortho intramolecular Hbond substituents is 2. The van der Waals surface area contributed by atoms with Gasteiger partial charge in [0, 0.05) is 17.3 Å². The number of aliphatic hydroxyl groups excluding tert-OH is 1. The number of hydrogen-bond acceptors (Lipinski definition) is 8. The Morgan fingerprint density at radius 1 is 1.03 bits per heavy atom. The number of carbonyl (C=O) groups excluding carboxylic acids is 1. The molecule has 1 amide bonds. The van der Waals surface area contributed by atoms with E-state index in [9.17, 15) is 24.9 Å². The Kier molecular flexibility index (Phi) is 7.72. The quantitative estimate of drug-likeness (QED) is 0.250. The fourth-order valence-corrected chi connectivity index (χ4v) is 3.53. The minimum Gasteiger partial charge on any atom is -0.508 e. The Labute approximate surface area is 202 Å². The van der Waals surface area contributed by atoms with E-state index in [0.717, 1.165) is 0 Å². The van der Waals surface area contributed by atoms with Gasteiger partial charge in [-0.3, -0.25) is 19.5 Å². The first-order valence-electron chi connectivity index (χ1n) is 11.1. The molecule has 2 atom stereocenters. The average molecular weight is 484 g/mol. The Bertz CT molecular complexity index is 1220. The first kappa shape index (κ1) is 25.7.